The molecular formula is C18H24N2O2S. The Hall–Kier alpha value is -1.69. The predicted molar refractivity (Wildman–Crippen MR) is 94.7 cm³/mol. The molecule has 4 nitrogen and oxygen atoms in total. The smallest absolute Gasteiger partial charge is 0.213 e. The molecule has 0 heterocycles. The molecule has 0 unspecified atom stereocenters. The van der Waals surface area contributed by atoms with Crippen molar-refractivity contribution in [3.05, 3.63) is 70.8 Å². The third-order valence-corrected chi connectivity index (χ3v) is 5.11. The molecule has 0 aromatic heterocycles. The van der Waals surface area contributed by atoms with Crippen LogP contribution in [0.2, 0.25) is 0 Å². The van der Waals surface area contributed by atoms with Gasteiger partial charge in [-0.3, -0.25) is 0 Å². The molecule has 5 heteroatoms. The number of benzene rings is 2. The van der Waals surface area contributed by atoms with Gasteiger partial charge >= 0.3 is 0 Å². The van der Waals surface area contributed by atoms with Gasteiger partial charge in [0.2, 0.25) is 10.0 Å². The summed E-state index contributed by atoms with van der Waals surface area (Å²) in [5, 5.41) is 3.18. The van der Waals surface area contributed by atoms with Gasteiger partial charge in [-0.2, -0.15) is 0 Å². The summed E-state index contributed by atoms with van der Waals surface area (Å²) in [4.78, 5) is 0. The Balaban J connectivity index is 1.73. The van der Waals surface area contributed by atoms with Crippen LogP contribution in [0.25, 0.3) is 0 Å². The van der Waals surface area contributed by atoms with Crippen LogP contribution < -0.4 is 10.0 Å². The lowest BCUT2D eigenvalue weighted by Gasteiger charge is -2.09. The Morgan fingerprint density at radius 1 is 0.870 bits per heavy atom. The lowest BCUT2D eigenvalue weighted by molar-refractivity contribution is 0.576. The summed E-state index contributed by atoms with van der Waals surface area (Å²) in [6, 6.07) is 15.8. The van der Waals surface area contributed by atoms with Crippen molar-refractivity contribution in [3.63, 3.8) is 0 Å². The maximum Gasteiger partial charge on any atom is 0.213 e. The van der Waals surface area contributed by atoms with Gasteiger partial charge in [-0.25, -0.2) is 13.1 Å². The van der Waals surface area contributed by atoms with Crippen LogP contribution in [0.1, 0.15) is 22.3 Å². The van der Waals surface area contributed by atoms with E-state index < -0.39 is 10.0 Å². The number of sulfonamides is 1. The number of rotatable bonds is 8. The van der Waals surface area contributed by atoms with Crippen LogP contribution in [0.15, 0.2) is 48.5 Å². The summed E-state index contributed by atoms with van der Waals surface area (Å²) in [5.41, 5.74) is 4.64. The molecule has 2 rings (SSSR count). The van der Waals surface area contributed by atoms with Crippen molar-refractivity contribution >= 4 is 10.0 Å². The second kappa shape index (κ2) is 8.24. The van der Waals surface area contributed by atoms with Crippen LogP contribution in [0.5, 0.6) is 0 Å². The molecule has 0 radical (unpaired) electrons. The van der Waals surface area contributed by atoms with E-state index in [4.69, 9.17) is 0 Å². The maximum absolute atomic E-state index is 12.0. The van der Waals surface area contributed by atoms with Crippen molar-refractivity contribution in [3.8, 4) is 0 Å². The normalized spacial score (nSPS) is 11.6. The van der Waals surface area contributed by atoms with E-state index in [2.05, 4.69) is 42.1 Å². The predicted octanol–water partition coefficient (Wildman–Crippen LogP) is 2.51. The first-order valence-electron chi connectivity index (χ1n) is 7.74. The maximum atomic E-state index is 12.0. The molecule has 0 spiro atoms. The lowest BCUT2D eigenvalue weighted by Crippen LogP contribution is -2.31. The van der Waals surface area contributed by atoms with Gasteiger partial charge in [-0.15, -0.1) is 0 Å². The highest BCUT2D eigenvalue weighted by atomic mass is 32.2. The van der Waals surface area contributed by atoms with Gasteiger partial charge in [0.05, 0.1) is 5.75 Å². The molecule has 0 fully saturated rings. The van der Waals surface area contributed by atoms with Gasteiger partial charge in [-0.05, 0) is 36.1 Å². The largest absolute Gasteiger partial charge is 0.312 e. The monoisotopic (exact) mass is 332 g/mol. The Morgan fingerprint density at radius 3 is 2.30 bits per heavy atom. The molecule has 0 saturated carbocycles. The average molecular weight is 332 g/mol. The fraction of sp³-hybridized carbons (Fsp3) is 0.333. The highest BCUT2D eigenvalue weighted by molar-refractivity contribution is 7.89. The summed E-state index contributed by atoms with van der Waals surface area (Å²) in [6.07, 6.45) is 0. The van der Waals surface area contributed by atoms with Crippen molar-refractivity contribution in [2.75, 3.05) is 12.3 Å². The molecular weight excluding hydrogens is 308 g/mol. The van der Waals surface area contributed by atoms with E-state index in [9.17, 15) is 8.42 Å². The SMILES string of the molecule is Cc1ccc(CNCCS(=O)(=O)NCc2ccccc2)cc1C. The molecule has 0 aliphatic heterocycles. The Labute approximate surface area is 139 Å². The van der Waals surface area contributed by atoms with Crippen LogP contribution in [-0.2, 0) is 23.1 Å². The molecule has 0 aliphatic carbocycles. The molecule has 2 N–H and O–H groups in total. The van der Waals surface area contributed by atoms with E-state index in [1.165, 1.54) is 16.7 Å². The average Bonchev–Trinajstić information content (AvgIpc) is 2.54. The van der Waals surface area contributed by atoms with E-state index in [0.717, 1.165) is 5.56 Å². The van der Waals surface area contributed by atoms with Gasteiger partial charge in [-0.1, -0.05) is 48.5 Å². The lowest BCUT2D eigenvalue weighted by atomic mass is 10.1. The number of hydrogen-bond donors (Lipinski definition) is 2. The van der Waals surface area contributed by atoms with Gasteiger partial charge in [0, 0.05) is 19.6 Å². The van der Waals surface area contributed by atoms with Gasteiger partial charge < -0.3 is 5.32 Å². The molecule has 2 aromatic rings. The second-order valence-electron chi connectivity index (χ2n) is 5.72. The number of aryl methyl sites for hydroxylation is 2. The zero-order valence-corrected chi connectivity index (χ0v) is 14.5. The molecule has 0 atom stereocenters. The van der Waals surface area contributed by atoms with Crippen LogP contribution in [0, 0.1) is 13.8 Å². The fourth-order valence-corrected chi connectivity index (χ4v) is 3.16. The highest BCUT2D eigenvalue weighted by Gasteiger charge is 2.09. The van der Waals surface area contributed by atoms with Gasteiger partial charge in [0.25, 0.3) is 0 Å². The fourth-order valence-electron chi connectivity index (χ4n) is 2.21. The molecule has 0 bridgehead atoms. The summed E-state index contributed by atoms with van der Waals surface area (Å²) in [5.74, 6) is 0.0741. The van der Waals surface area contributed by atoms with E-state index in [0.29, 0.717) is 19.6 Å². The van der Waals surface area contributed by atoms with Crippen molar-refractivity contribution in [2.24, 2.45) is 0 Å². The van der Waals surface area contributed by atoms with Crippen LogP contribution >= 0.6 is 0 Å². The molecule has 0 aliphatic rings. The van der Waals surface area contributed by atoms with Crippen molar-refractivity contribution in [1.82, 2.24) is 10.0 Å². The topological polar surface area (TPSA) is 58.2 Å². The third-order valence-electron chi connectivity index (χ3n) is 3.79. The van der Waals surface area contributed by atoms with Crippen LogP contribution in [0.3, 0.4) is 0 Å². The van der Waals surface area contributed by atoms with E-state index >= 15 is 0 Å². The molecule has 0 saturated heterocycles. The minimum absolute atomic E-state index is 0.0741. The van der Waals surface area contributed by atoms with Crippen LogP contribution in [0.4, 0.5) is 0 Å². The van der Waals surface area contributed by atoms with Gasteiger partial charge in [0.1, 0.15) is 0 Å². The van der Waals surface area contributed by atoms with E-state index in [1.54, 1.807) is 0 Å². The summed E-state index contributed by atoms with van der Waals surface area (Å²) in [7, 11) is -3.26. The standard InChI is InChI=1S/C18H24N2O2S/c1-15-8-9-18(12-16(15)2)13-19-10-11-23(21,22)20-14-17-6-4-3-5-7-17/h3-9,12,19-20H,10-11,13-14H2,1-2H3. The van der Waals surface area contributed by atoms with E-state index in [1.807, 2.05) is 30.3 Å². The first kappa shape index (κ1) is 17.7. The number of nitrogens with one attached hydrogen (secondary N) is 2. The van der Waals surface area contributed by atoms with Crippen molar-refractivity contribution in [2.45, 2.75) is 26.9 Å². The minimum Gasteiger partial charge on any atom is -0.312 e. The molecule has 23 heavy (non-hydrogen) atoms. The third kappa shape index (κ3) is 6.14. The van der Waals surface area contributed by atoms with Crippen molar-refractivity contribution < 1.29 is 8.42 Å². The zero-order chi connectivity index (χ0) is 16.7. The Morgan fingerprint density at radius 2 is 1.61 bits per heavy atom. The summed E-state index contributed by atoms with van der Waals surface area (Å²) in [6.45, 7) is 5.60. The van der Waals surface area contributed by atoms with Crippen molar-refractivity contribution in [1.29, 1.82) is 0 Å². The first-order valence-corrected chi connectivity index (χ1v) is 9.39. The highest BCUT2D eigenvalue weighted by Crippen LogP contribution is 2.09. The summed E-state index contributed by atoms with van der Waals surface area (Å²) >= 11 is 0. The minimum atomic E-state index is -3.26. The van der Waals surface area contributed by atoms with E-state index in [-0.39, 0.29) is 5.75 Å². The zero-order valence-electron chi connectivity index (χ0n) is 13.7. The molecule has 2 aromatic carbocycles. The first-order chi connectivity index (χ1) is 11.0. The molecule has 0 amide bonds. The second-order valence-corrected chi connectivity index (χ2v) is 7.65. The Kier molecular flexibility index (Phi) is 6.33. The van der Waals surface area contributed by atoms with Crippen LogP contribution in [-0.4, -0.2) is 20.7 Å². The summed E-state index contributed by atoms with van der Waals surface area (Å²) < 4.78 is 26.5. The van der Waals surface area contributed by atoms with Gasteiger partial charge in [0.15, 0.2) is 0 Å². The number of hydrogen-bond acceptors (Lipinski definition) is 3. The Bertz CT molecular complexity index is 728. The quantitative estimate of drug-likeness (QED) is 0.730. The molecule has 124 valence electrons.